The first-order valence-corrected chi connectivity index (χ1v) is 5.60. The van der Waals surface area contributed by atoms with E-state index in [4.69, 9.17) is 0 Å². The van der Waals surface area contributed by atoms with E-state index in [2.05, 4.69) is 20.7 Å². The van der Waals surface area contributed by atoms with Crippen molar-refractivity contribution in [2.75, 3.05) is 6.61 Å². The van der Waals surface area contributed by atoms with Crippen molar-refractivity contribution in [3.63, 3.8) is 0 Å². The summed E-state index contributed by atoms with van der Waals surface area (Å²) in [6.07, 6.45) is -3.02. The van der Waals surface area contributed by atoms with Crippen LogP contribution in [0.15, 0.2) is 15.3 Å². The number of hydrogen-bond acceptors (Lipinski definition) is 3. The standard InChI is InChI=1S/C10H10BrF2NO3/c1-2-17-7(15)4-5-3-6(9(12)13)14-10(16)8(5)11/h3,9H,2,4H2,1H3,(H,14,16). The smallest absolute Gasteiger partial charge is 0.310 e. The number of carbonyl (C=O) groups is 1. The van der Waals surface area contributed by atoms with Crippen molar-refractivity contribution in [1.82, 2.24) is 4.98 Å². The second kappa shape index (κ2) is 5.90. The SMILES string of the molecule is CCOC(=O)Cc1cc(C(F)F)[nH]c(=O)c1Br. The van der Waals surface area contributed by atoms with Gasteiger partial charge < -0.3 is 9.72 Å². The minimum Gasteiger partial charge on any atom is -0.466 e. The number of halogens is 3. The zero-order valence-electron chi connectivity index (χ0n) is 8.93. The van der Waals surface area contributed by atoms with E-state index < -0.39 is 23.6 Å². The number of rotatable bonds is 4. The third kappa shape index (κ3) is 3.62. The Morgan fingerprint density at radius 1 is 1.59 bits per heavy atom. The van der Waals surface area contributed by atoms with Gasteiger partial charge in [0.25, 0.3) is 12.0 Å². The summed E-state index contributed by atoms with van der Waals surface area (Å²) < 4.78 is 29.6. The van der Waals surface area contributed by atoms with Gasteiger partial charge in [0.2, 0.25) is 0 Å². The first-order valence-electron chi connectivity index (χ1n) is 4.81. The van der Waals surface area contributed by atoms with E-state index in [9.17, 15) is 18.4 Å². The summed E-state index contributed by atoms with van der Waals surface area (Å²) in [5.74, 6) is -0.570. The number of carbonyl (C=O) groups excluding carboxylic acids is 1. The number of hydrogen-bond donors (Lipinski definition) is 1. The third-order valence-electron chi connectivity index (χ3n) is 1.94. The van der Waals surface area contributed by atoms with Gasteiger partial charge in [0, 0.05) is 0 Å². The Balaban J connectivity index is 3.06. The molecule has 0 saturated heterocycles. The van der Waals surface area contributed by atoms with E-state index in [1.54, 1.807) is 6.92 Å². The van der Waals surface area contributed by atoms with Crippen molar-refractivity contribution < 1.29 is 18.3 Å². The summed E-state index contributed by atoms with van der Waals surface area (Å²) in [7, 11) is 0. The molecule has 7 heteroatoms. The average Bonchev–Trinajstić information content (AvgIpc) is 2.24. The van der Waals surface area contributed by atoms with Gasteiger partial charge in [-0.1, -0.05) is 0 Å². The number of ether oxygens (including phenoxy) is 1. The van der Waals surface area contributed by atoms with Crippen LogP contribution in [-0.2, 0) is 16.0 Å². The highest BCUT2D eigenvalue weighted by Gasteiger charge is 2.16. The minimum absolute atomic E-state index is 0.0648. The second-order valence-electron chi connectivity index (χ2n) is 3.18. The molecule has 0 radical (unpaired) electrons. The van der Waals surface area contributed by atoms with Crippen LogP contribution in [0.4, 0.5) is 8.78 Å². The monoisotopic (exact) mass is 309 g/mol. The maximum absolute atomic E-state index is 12.4. The van der Waals surface area contributed by atoms with E-state index in [0.29, 0.717) is 0 Å². The molecule has 0 bridgehead atoms. The predicted octanol–water partition coefficient (Wildman–Crippen LogP) is 2.18. The first-order chi connectivity index (χ1) is 7.95. The summed E-state index contributed by atoms with van der Waals surface area (Å²) in [6.45, 7) is 1.83. The van der Waals surface area contributed by atoms with Gasteiger partial charge in [-0.3, -0.25) is 9.59 Å². The van der Waals surface area contributed by atoms with Crippen LogP contribution < -0.4 is 5.56 Å². The quantitative estimate of drug-likeness (QED) is 0.867. The molecular weight excluding hydrogens is 300 g/mol. The summed E-state index contributed by atoms with van der Waals surface area (Å²) in [5.41, 5.74) is -1.03. The Labute approximate surface area is 104 Å². The van der Waals surface area contributed by atoms with Crippen LogP contribution in [0.25, 0.3) is 0 Å². The first kappa shape index (κ1) is 13.8. The Bertz CT molecular complexity index is 473. The van der Waals surface area contributed by atoms with Gasteiger partial charge >= 0.3 is 5.97 Å². The molecule has 0 atom stereocenters. The molecule has 0 saturated carbocycles. The van der Waals surface area contributed by atoms with Crippen molar-refractivity contribution in [2.45, 2.75) is 19.8 Å². The minimum atomic E-state index is -2.79. The van der Waals surface area contributed by atoms with Gasteiger partial charge in [-0.25, -0.2) is 8.78 Å². The summed E-state index contributed by atoms with van der Waals surface area (Å²) in [6, 6.07) is 1.08. The third-order valence-corrected chi connectivity index (χ3v) is 2.81. The van der Waals surface area contributed by atoms with Crippen LogP contribution in [0, 0.1) is 0 Å². The van der Waals surface area contributed by atoms with E-state index in [-0.39, 0.29) is 23.1 Å². The van der Waals surface area contributed by atoms with Crippen molar-refractivity contribution in [3.8, 4) is 0 Å². The lowest BCUT2D eigenvalue weighted by Crippen LogP contribution is -2.16. The second-order valence-corrected chi connectivity index (χ2v) is 3.97. The zero-order valence-corrected chi connectivity index (χ0v) is 10.5. The normalized spacial score (nSPS) is 10.6. The van der Waals surface area contributed by atoms with E-state index in [1.807, 2.05) is 4.98 Å². The van der Waals surface area contributed by atoms with Gasteiger partial charge in [-0.05, 0) is 34.5 Å². The molecular formula is C10H10BrF2NO3. The van der Waals surface area contributed by atoms with Crippen LogP contribution in [0.1, 0.15) is 24.6 Å². The van der Waals surface area contributed by atoms with Gasteiger partial charge in [0.15, 0.2) is 0 Å². The highest BCUT2D eigenvalue weighted by atomic mass is 79.9. The molecule has 0 spiro atoms. The number of nitrogens with one attached hydrogen (secondary N) is 1. The Kier molecular flexibility index (Phi) is 4.80. The molecule has 0 aliphatic rings. The lowest BCUT2D eigenvalue weighted by atomic mass is 10.1. The maximum atomic E-state index is 12.4. The molecule has 0 aliphatic heterocycles. The van der Waals surface area contributed by atoms with Crippen LogP contribution in [0.5, 0.6) is 0 Å². The largest absolute Gasteiger partial charge is 0.466 e. The molecule has 0 amide bonds. The van der Waals surface area contributed by atoms with Crippen molar-refractivity contribution in [2.24, 2.45) is 0 Å². The van der Waals surface area contributed by atoms with Gasteiger partial charge in [-0.15, -0.1) is 0 Å². The van der Waals surface area contributed by atoms with E-state index >= 15 is 0 Å². The Hall–Kier alpha value is -1.24. The van der Waals surface area contributed by atoms with E-state index in [1.165, 1.54) is 0 Å². The zero-order chi connectivity index (χ0) is 13.0. The molecule has 0 aromatic carbocycles. The fourth-order valence-electron chi connectivity index (χ4n) is 1.23. The lowest BCUT2D eigenvalue weighted by molar-refractivity contribution is -0.142. The van der Waals surface area contributed by atoms with Crippen LogP contribution in [-0.4, -0.2) is 17.6 Å². The number of aromatic nitrogens is 1. The van der Waals surface area contributed by atoms with Crippen molar-refractivity contribution in [3.05, 3.63) is 32.2 Å². The van der Waals surface area contributed by atoms with Crippen LogP contribution in [0.3, 0.4) is 0 Å². The molecule has 0 aliphatic carbocycles. The molecule has 1 N–H and O–H groups in total. The highest BCUT2D eigenvalue weighted by Crippen LogP contribution is 2.20. The highest BCUT2D eigenvalue weighted by molar-refractivity contribution is 9.10. The van der Waals surface area contributed by atoms with Crippen LogP contribution >= 0.6 is 15.9 Å². The van der Waals surface area contributed by atoms with Gasteiger partial charge in [0.05, 0.1) is 23.2 Å². The molecule has 94 valence electrons. The number of pyridine rings is 1. The fourth-order valence-corrected chi connectivity index (χ4v) is 1.59. The molecule has 0 fully saturated rings. The van der Waals surface area contributed by atoms with Crippen molar-refractivity contribution in [1.29, 1.82) is 0 Å². The molecule has 17 heavy (non-hydrogen) atoms. The molecule has 0 unspecified atom stereocenters. The molecule has 1 heterocycles. The van der Waals surface area contributed by atoms with Gasteiger partial charge in [-0.2, -0.15) is 0 Å². The predicted molar refractivity (Wildman–Crippen MR) is 60.1 cm³/mol. The molecule has 1 aromatic heterocycles. The summed E-state index contributed by atoms with van der Waals surface area (Å²) >= 11 is 2.95. The Morgan fingerprint density at radius 3 is 2.76 bits per heavy atom. The van der Waals surface area contributed by atoms with E-state index in [0.717, 1.165) is 6.07 Å². The fraction of sp³-hybridized carbons (Fsp3) is 0.400. The number of aromatic amines is 1. The Morgan fingerprint density at radius 2 is 2.24 bits per heavy atom. The summed E-state index contributed by atoms with van der Waals surface area (Å²) in [5, 5.41) is 0. The van der Waals surface area contributed by atoms with Crippen molar-refractivity contribution >= 4 is 21.9 Å². The average molecular weight is 310 g/mol. The number of alkyl halides is 2. The van der Waals surface area contributed by atoms with Crippen LogP contribution in [0.2, 0.25) is 0 Å². The molecule has 1 aromatic rings. The topological polar surface area (TPSA) is 59.2 Å². The van der Waals surface area contributed by atoms with Gasteiger partial charge in [0.1, 0.15) is 0 Å². The lowest BCUT2D eigenvalue weighted by Gasteiger charge is -2.06. The number of H-pyrrole nitrogens is 1. The molecule has 4 nitrogen and oxygen atoms in total. The number of esters is 1. The summed E-state index contributed by atoms with van der Waals surface area (Å²) in [4.78, 5) is 24.5. The maximum Gasteiger partial charge on any atom is 0.310 e. The molecule has 1 rings (SSSR count).